The number of benzene rings is 2. The molecule has 0 bridgehead atoms. The van der Waals surface area contributed by atoms with Gasteiger partial charge >= 0.3 is 6.03 Å². The Morgan fingerprint density at radius 1 is 1.11 bits per heavy atom. The van der Waals surface area contributed by atoms with Gasteiger partial charge in [0.25, 0.3) is 0 Å². The average Bonchev–Trinajstić information content (AvgIpc) is 3.23. The number of nitrogens with one attached hydrogen (secondary N) is 1. The van der Waals surface area contributed by atoms with Crippen LogP contribution in [0.25, 0.3) is 33.1 Å². The summed E-state index contributed by atoms with van der Waals surface area (Å²) in [4.78, 5) is 27.5. The second-order valence-corrected chi connectivity index (χ2v) is 9.83. The van der Waals surface area contributed by atoms with Crippen LogP contribution in [0, 0.1) is 0 Å². The number of fused-ring (bicyclic) bond motifs is 3. The highest BCUT2D eigenvalue weighted by Gasteiger charge is 2.22. The second kappa shape index (κ2) is 11.6. The molecule has 2 aromatic heterocycles. The molecule has 0 saturated heterocycles. The fourth-order valence-corrected chi connectivity index (χ4v) is 4.86. The molecule has 2 amide bonds. The molecular weight excluding hydrogens is 464 g/mol. The normalized spacial score (nSPS) is 12.4. The Bertz CT molecular complexity index is 1370. The van der Waals surface area contributed by atoms with Crippen molar-refractivity contribution < 1.29 is 9.63 Å². The minimum atomic E-state index is -0.219. The maximum absolute atomic E-state index is 12.5. The van der Waals surface area contributed by atoms with E-state index < -0.39 is 0 Å². The number of hydroxylamine groups is 2. The molecule has 0 spiro atoms. The summed E-state index contributed by atoms with van der Waals surface area (Å²) in [5.74, 6) is 1.47. The summed E-state index contributed by atoms with van der Waals surface area (Å²) >= 11 is 0. The van der Waals surface area contributed by atoms with E-state index in [0.29, 0.717) is 5.82 Å². The van der Waals surface area contributed by atoms with Crippen molar-refractivity contribution in [3.8, 4) is 11.1 Å². The van der Waals surface area contributed by atoms with Gasteiger partial charge in [0.15, 0.2) is 5.82 Å². The summed E-state index contributed by atoms with van der Waals surface area (Å²) in [6.07, 6.45) is 3.47. The largest absolute Gasteiger partial charge is 0.382 e. The zero-order chi connectivity index (χ0) is 26.5. The SMILES string of the molecule is CCCc1nc2c(N)nc3cc(-c4ccccc4)ccc3c2n1CCCC(C)N(OC)C(=O)NC(C)C. The Kier molecular flexibility index (Phi) is 8.28. The summed E-state index contributed by atoms with van der Waals surface area (Å²) < 4.78 is 2.29. The predicted molar refractivity (Wildman–Crippen MR) is 150 cm³/mol. The molecule has 8 nitrogen and oxygen atoms in total. The Hall–Kier alpha value is -3.65. The number of aryl methyl sites for hydroxylation is 2. The van der Waals surface area contributed by atoms with Gasteiger partial charge in [0, 0.05) is 24.4 Å². The molecular formula is C29H38N6O2. The molecule has 0 fully saturated rings. The van der Waals surface area contributed by atoms with Crippen molar-refractivity contribution in [1.29, 1.82) is 0 Å². The highest BCUT2D eigenvalue weighted by molar-refractivity contribution is 6.07. The standard InChI is InChI=1S/C29H38N6O2/c1-6-11-25-33-26-27(34(25)17-10-12-20(4)35(37-5)29(36)31-19(2)3)23-16-15-22(18-24(23)32-28(26)30)21-13-8-7-9-14-21/h7-9,13-16,18-20H,6,10-12,17H2,1-5H3,(H2,30,32)(H,31,36). The fraction of sp³-hybridized carbons (Fsp3) is 0.414. The fourth-order valence-electron chi connectivity index (χ4n) is 4.86. The maximum Gasteiger partial charge on any atom is 0.341 e. The van der Waals surface area contributed by atoms with E-state index in [9.17, 15) is 4.79 Å². The van der Waals surface area contributed by atoms with Crippen molar-refractivity contribution in [2.45, 2.75) is 72.0 Å². The monoisotopic (exact) mass is 502 g/mol. The van der Waals surface area contributed by atoms with E-state index in [1.807, 2.05) is 39.0 Å². The second-order valence-electron chi connectivity index (χ2n) is 9.83. The van der Waals surface area contributed by atoms with E-state index in [2.05, 4.69) is 47.1 Å². The van der Waals surface area contributed by atoms with Crippen LogP contribution < -0.4 is 11.1 Å². The number of carbonyl (C=O) groups is 1. The summed E-state index contributed by atoms with van der Waals surface area (Å²) in [7, 11) is 1.53. The molecule has 1 atom stereocenters. The quantitative estimate of drug-likeness (QED) is 0.262. The number of imidazole rings is 1. The summed E-state index contributed by atoms with van der Waals surface area (Å²) in [6.45, 7) is 8.79. The number of rotatable bonds is 10. The third-order valence-electron chi connectivity index (χ3n) is 6.58. The number of urea groups is 1. The third-order valence-corrected chi connectivity index (χ3v) is 6.58. The number of nitrogen functional groups attached to an aromatic ring is 1. The number of amides is 2. The lowest BCUT2D eigenvalue weighted by molar-refractivity contribution is -0.114. The molecule has 0 saturated carbocycles. The lowest BCUT2D eigenvalue weighted by atomic mass is 10.0. The van der Waals surface area contributed by atoms with Crippen LogP contribution in [-0.2, 0) is 17.8 Å². The highest BCUT2D eigenvalue weighted by Crippen LogP contribution is 2.32. The van der Waals surface area contributed by atoms with Crippen molar-refractivity contribution in [1.82, 2.24) is 24.9 Å². The third kappa shape index (κ3) is 5.69. The molecule has 8 heteroatoms. The van der Waals surface area contributed by atoms with Crippen LogP contribution in [0.2, 0.25) is 0 Å². The van der Waals surface area contributed by atoms with Crippen LogP contribution in [-0.4, -0.2) is 44.8 Å². The van der Waals surface area contributed by atoms with Gasteiger partial charge < -0.3 is 15.6 Å². The smallest absolute Gasteiger partial charge is 0.341 e. The molecule has 0 aliphatic heterocycles. The molecule has 2 aromatic carbocycles. The van der Waals surface area contributed by atoms with E-state index in [-0.39, 0.29) is 18.1 Å². The van der Waals surface area contributed by atoms with E-state index in [4.69, 9.17) is 20.5 Å². The van der Waals surface area contributed by atoms with Crippen molar-refractivity contribution >= 4 is 33.8 Å². The van der Waals surface area contributed by atoms with Crippen LogP contribution in [0.15, 0.2) is 48.5 Å². The number of carbonyl (C=O) groups excluding carboxylic acids is 1. The molecule has 0 radical (unpaired) electrons. The van der Waals surface area contributed by atoms with Crippen molar-refractivity contribution in [3.05, 3.63) is 54.4 Å². The molecule has 2 heterocycles. The minimum Gasteiger partial charge on any atom is -0.382 e. The summed E-state index contributed by atoms with van der Waals surface area (Å²) in [6, 6.07) is 16.4. The van der Waals surface area contributed by atoms with Gasteiger partial charge in [-0.05, 0) is 57.2 Å². The number of hydrogen-bond acceptors (Lipinski definition) is 5. The first-order valence-electron chi connectivity index (χ1n) is 13.1. The molecule has 4 rings (SSSR count). The van der Waals surface area contributed by atoms with Crippen LogP contribution in [0.3, 0.4) is 0 Å². The number of aromatic nitrogens is 3. The minimum absolute atomic E-state index is 0.0426. The first kappa shape index (κ1) is 26.4. The Balaban J connectivity index is 1.66. The van der Waals surface area contributed by atoms with E-state index >= 15 is 0 Å². The van der Waals surface area contributed by atoms with Crippen molar-refractivity contribution in [2.24, 2.45) is 0 Å². The topological polar surface area (TPSA) is 98.3 Å². The van der Waals surface area contributed by atoms with Gasteiger partial charge in [-0.15, -0.1) is 0 Å². The Morgan fingerprint density at radius 2 is 1.86 bits per heavy atom. The van der Waals surface area contributed by atoms with Gasteiger partial charge in [0.1, 0.15) is 11.3 Å². The zero-order valence-corrected chi connectivity index (χ0v) is 22.5. The molecule has 37 heavy (non-hydrogen) atoms. The summed E-state index contributed by atoms with van der Waals surface area (Å²) in [5.41, 5.74) is 11.3. The predicted octanol–water partition coefficient (Wildman–Crippen LogP) is 5.94. The summed E-state index contributed by atoms with van der Waals surface area (Å²) in [5, 5.41) is 5.36. The van der Waals surface area contributed by atoms with Gasteiger partial charge in [-0.3, -0.25) is 4.84 Å². The maximum atomic E-state index is 12.5. The highest BCUT2D eigenvalue weighted by atomic mass is 16.7. The first-order chi connectivity index (χ1) is 17.8. The lowest BCUT2D eigenvalue weighted by Gasteiger charge is -2.27. The molecule has 3 N–H and O–H groups in total. The van der Waals surface area contributed by atoms with Gasteiger partial charge in [-0.25, -0.2) is 19.8 Å². The zero-order valence-electron chi connectivity index (χ0n) is 22.5. The van der Waals surface area contributed by atoms with Crippen LogP contribution in [0.4, 0.5) is 10.6 Å². The number of nitrogens with zero attached hydrogens (tertiary/aromatic N) is 4. The molecule has 0 aliphatic rings. The molecule has 0 aliphatic carbocycles. The van der Waals surface area contributed by atoms with Gasteiger partial charge in [-0.2, -0.15) is 0 Å². The number of nitrogens with two attached hydrogens (primary N) is 1. The van der Waals surface area contributed by atoms with E-state index in [1.165, 1.54) is 12.2 Å². The van der Waals surface area contributed by atoms with E-state index in [1.54, 1.807) is 0 Å². The van der Waals surface area contributed by atoms with Crippen molar-refractivity contribution in [2.75, 3.05) is 12.8 Å². The van der Waals surface area contributed by atoms with Crippen LogP contribution >= 0.6 is 0 Å². The number of anilines is 1. The van der Waals surface area contributed by atoms with Gasteiger partial charge in [0.05, 0.1) is 24.2 Å². The lowest BCUT2D eigenvalue weighted by Crippen LogP contribution is -2.46. The average molecular weight is 503 g/mol. The number of hydrogen-bond donors (Lipinski definition) is 2. The number of pyridine rings is 1. The molecule has 1 unspecified atom stereocenters. The van der Waals surface area contributed by atoms with E-state index in [0.717, 1.165) is 71.1 Å². The van der Waals surface area contributed by atoms with Gasteiger partial charge in [0.2, 0.25) is 0 Å². The first-order valence-corrected chi connectivity index (χ1v) is 13.1. The van der Waals surface area contributed by atoms with Crippen molar-refractivity contribution in [3.63, 3.8) is 0 Å². The van der Waals surface area contributed by atoms with Gasteiger partial charge in [-0.1, -0.05) is 49.4 Å². The Morgan fingerprint density at radius 3 is 2.54 bits per heavy atom. The van der Waals surface area contributed by atoms with Crippen LogP contribution in [0.5, 0.6) is 0 Å². The molecule has 4 aromatic rings. The molecule has 196 valence electrons. The Labute approximate surface area is 218 Å². The van der Waals surface area contributed by atoms with Crippen LogP contribution in [0.1, 0.15) is 52.8 Å².